The molecule has 0 aromatic heterocycles. The van der Waals surface area contributed by atoms with E-state index in [1.165, 1.54) is 12.1 Å². The molecular weight excluding hydrogens is 295 g/mol. The second kappa shape index (κ2) is 6.18. The maximum Gasteiger partial charge on any atom is 0.416 e. The van der Waals surface area contributed by atoms with Crippen LogP contribution in [0.3, 0.4) is 0 Å². The van der Waals surface area contributed by atoms with Crippen LogP contribution in [-0.2, 0) is 22.2 Å². The molecule has 1 aliphatic heterocycles. The van der Waals surface area contributed by atoms with Crippen molar-refractivity contribution in [2.24, 2.45) is 0 Å². The third-order valence-electron chi connectivity index (χ3n) is 4.41. The minimum atomic E-state index is -4.29. The standard InChI is InChI=1S/C16H20F3NO2/c17-16(18,19)13-3-1-2-12(10-13)11-20-14-4-6-15(7-5-14)21-8-9-22-15/h1-3,10,14,20H,4-9,11H2. The van der Waals surface area contributed by atoms with Gasteiger partial charge in [-0.3, -0.25) is 0 Å². The molecule has 0 amide bonds. The monoisotopic (exact) mass is 315 g/mol. The van der Waals surface area contributed by atoms with Gasteiger partial charge in [0.2, 0.25) is 0 Å². The lowest BCUT2D eigenvalue weighted by Gasteiger charge is -2.35. The molecule has 1 aromatic carbocycles. The summed E-state index contributed by atoms with van der Waals surface area (Å²) < 4.78 is 49.4. The Labute approximate surface area is 127 Å². The molecule has 1 N–H and O–H groups in total. The highest BCUT2D eigenvalue weighted by Crippen LogP contribution is 2.36. The number of halogens is 3. The van der Waals surface area contributed by atoms with E-state index in [9.17, 15) is 13.2 Å². The topological polar surface area (TPSA) is 30.5 Å². The van der Waals surface area contributed by atoms with Crippen LogP contribution in [-0.4, -0.2) is 25.0 Å². The zero-order valence-corrected chi connectivity index (χ0v) is 12.3. The van der Waals surface area contributed by atoms with Gasteiger partial charge in [-0.05, 0) is 24.5 Å². The first kappa shape index (κ1) is 15.8. The molecule has 2 aliphatic rings. The predicted octanol–water partition coefficient (Wildman–Crippen LogP) is 3.48. The van der Waals surface area contributed by atoms with Gasteiger partial charge in [-0.15, -0.1) is 0 Å². The zero-order chi connectivity index (χ0) is 15.6. The smallest absolute Gasteiger partial charge is 0.348 e. The van der Waals surface area contributed by atoms with Crippen LogP contribution in [0.25, 0.3) is 0 Å². The number of nitrogens with one attached hydrogen (secondary N) is 1. The Hall–Kier alpha value is -1.11. The maximum absolute atomic E-state index is 12.7. The minimum Gasteiger partial charge on any atom is -0.348 e. The normalized spacial score (nSPS) is 22.3. The predicted molar refractivity (Wildman–Crippen MR) is 75.2 cm³/mol. The van der Waals surface area contributed by atoms with E-state index in [1.54, 1.807) is 6.07 Å². The molecule has 22 heavy (non-hydrogen) atoms. The molecule has 0 radical (unpaired) electrons. The molecule has 0 bridgehead atoms. The Morgan fingerprint density at radius 3 is 2.45 bits per heavy atom. The van der Waals surface area contributed by atoms with Gasteiger partial charge >= 0.3 is 6.18 Å². The Morgan fingerprint density at radius 1 is 1.14 bits per heavy atom. The number of hydrogen-bond acceptors (Lipinski definition) is 3. The second-order valence-electron chi connectivity index (χ2n) is 5.96. The number of hydrogen-bond donors (Lipinski definition) is 1. The van der Waals surface area contributed by atoms with E-state index < -0.39 is 17.5 Å². The summed E-state index contributed by atoms with van der Waals surface area (Å²) in [5, 5.41) is 3.34. The molecule has 0 unspecified atom stereocenters. The molecule has 2 fully saturated rings. The van der Waals surface area contributed by atoms with Crippen molar-refractivity contribution in [1.82, 2.24) is 5.32 Å². The van der Waals surface area contributed by atoms with Gasteiger partial charge in [0.05, 0.1) is 18.8 Å². The number of ether oxygens (including phenoxy) is 2. The molecule has 1 heterocycles. The van der Waals surface area contributed by atoms with Crippen molar-refractivity contribution in [2.75, 3.05) is 13.2 Å². The highest BCUT2D eigenvalue weighted by Gasteiger charge is 2.40. The Morgan fingerprint density at radius 2 is 1.82 bits per heavy atom. The summed E-state index contributed by atoms with van der Waals surface area (Å²) in [6.07, 6.45) is -0.775. The molecule has 1 aliphatic carbocycles. The van der Waals surface area contributed by atoms with Gasteiger partial charge in [0.15, 0.2) is 5.79 Å². The van der Waals surface area contributed by atoms with Crippen molar-refractivity contribution in [3.05, 3.63) is 35.4 Å². The van der Waals surface area contributed by atoms with Gasteiger partial charge in [-0.25, -0.2) is 0 Å². The average Bonchev–Trinajstić information content (AvgIpc) is 2.95. The Kier molecular flexibility index (Phi) is 4.43. The van der Waals surface area contributed by atoms with Crippen LogP contribution in [0.15, 0.2) is 24.3 Å². The summed E-state index contributed by atoms with van der Waals surface area (Å²) in [7, 11) is 0. The fraction of sp³-hybridized carbons (Fsp3) is 0.625. The van der Waals surface area contributed by atoms with Gasteiger partial charge in [0, 0.05) is 25.4 Å². The number of benzene rings is 1. The Balaban J connectivity index is 1.51. The quantitative estimate of drug-likeness (QED) is 0.926. The molecule has 122 valence electrons. The first-order chi connectivity index (χ1) is 10.5. The van der Waals surface area contributed by atoms with E-state index >= 15 is 0 Å². The molecule has 1 aromatic rings. The minimum absolute atomic E-state index is 0.299. The molecule has 3 rings (SSSR count). The molecule has 0 atom stereocenters. The van der Waals surface area contributed by atoms with Crippen molar-refractivity contribution < 1.29 is 22.6 Å². The highest BCUT2D eigenvalue weighted by molar-refractivity contribution is 5.25. The van der Waals surface area contributed by atoms with E-state index in [-0.39, 0.29) is 0 Å². The Bertz CT molecular complexity index is 502. The molecule has 3 nitrogen and oxygen atoms in total. The van der Waals surface area contributed by atoms with Crippen molar-refractivity contribution in [1.29, 1.82) is 0 Å². The van der Waals surface area contributed by atoms with Gasteiger partial charge in [-0.2, -0.15) is 13.2 Å². The van der Waals surface area contributed by atoms with Crippen LogP contribution in [0.1, 0.15) is 36.8 Å². The van der Waals surface area contributed by atoms with Crippen LogP contribution in [0, 0.1) is 0 Å². The van der Waals surface area contributed by atoms with E-state index in [1.807, 2.05) is 0 Å². The third-order valence-corrected chi connectivity index (χ3v) is 4.41. The summed E-state index contributed by atoms with van der Waals surface area (Å²) in [6.45, 7) is 1.76. The van der Waals surface area contributed by atoms with Crippen LogP contribution < -0.4 is 5.32 Å². The average molecular weight is 315 g/mol. The van der Waals surface area contributed by atoms with E-state index in [2.05, 4.69) is 5.32 Å². The highest BCUT2D eigenvalue weighted by atomic mass is 19.4. The van der Waals surface area contributed by atoms with Gasteiger partial charge in [0.1, 0.15) is 0 Å². The summed E-state index contributed by atoms with van der Waals surface area (Å²) in [5.41, 5.74) is 0.0608. The first-order valence-electron chi connectivity index (χ1n) is 7.64. The van der Waals surface area contributed by atoms with E-state index in [4.69, 9.17) is 9.47 Å². The van der Waals surface area contributed by atoms with Crippen LogP contribution in [0.2, 0.25) is 0 Å². The number of alkyl halides is 3. The van der Waals surface area contributed by atoms with Crippen molar-refractivity contribution in [3.8, 4) is 0 Å². The SMILES string of the molecule is FC(F)(F)c1cccc(CNC2CCC3(CC2)OCCO3)c1. The molecule has 1 saturated carbocycles. The van der Waals surface area contributed by atoms with Crippen molar-refractivity contribution in [2.45, 2.75) is 50.2 Å². The largest absolute Gasteiger partial charge is 0.416 e. The van der Waals surface area contributed by atoms with Crippen LogP contribution >= 0.6 is 0 Å². The van der Waals surface area contributed by atoms with E-state index in [0.717, 1.165) is 31.7 Å². The van der Waals surface area contributed by atoms with Gasteiger partial charge in [0.25, 0.3) is 0 Å². The van der Waals surface area contributed by atoms with Gasteiger partial charge in [-0.1, -0.05) is 18.2 Å². The van der Waals surface area contributed by atoms with E-state index in [0.29, 0.717) is 31.4 Å². The second-order valence-corrected chi connectivity index (χ2v) is 5.96. The van der Waals surface area contributed by atoms with Crippen LogP contribution in [0.4, 0.5) is 13.2 Å². The van der Waals surface area contributed by atoms with Gasteiger partial charge < -0.3 is 14.8 Å². The summed E-state index contributed by atoms with van der Waals surface area (Å²) in [6, 6.07) is 5.78. The van der Waals surface area contributed by atoms with Crippen LogP contribution in [0.5, 0.6) is 0 Å². The van der Waals surface area contributed by atoms with Crippen molar-refractivity contribution in [3.63, 3.8) is 0 Å². The number of rotatable bonds is 3. The van der Waals surface area contributed by atoms with Crippen molar-refractivity contribution >= 4 is 0 Å². The lowest BCUT2D eigenvalue weighted by Crippen LogP contribution is -2.41. The molecular formula is C16H20F3NO2. The summed E-state index contributed by atoms with van der Waals surface area (Å²) in [5.74, 6) is -0.394. The summed E-state index contributed by atoms with van der Waals surface area (Å²) >= 11 is 0. The third kappa shape index (κ3) is 3.62. The fourth-order valence-corrected chi connectivity index (χ4v) is 3.17. The molecule has 6 heteroatoms. The molecule has 1 saturated heterocycles. The summed E-state index contributed by atoms with van der Waals surface area (Å²) in [4.78, 5) is 0. The lowest BCUT2D eigenvalue weighted by atomic mass is 9.90. The zero-order valence-electron chi connectivity index (χ0n) is 12.3. The maximum atomic E-state index is 12.7. The lowest BCUT2D eigenvalue weighted by molar-refractivity contribution is -0.179. The fourth-order valence-electron chi connectivity index (χ4n) is 3.17. The molecule has 1 spiro atoms. The first-order valence-corrected chi connectivity index (χ1v) is 7.64.